The molecule has 0 radical (unpaired) electrons. The molecular formula is C15H21N3S. The summed E-state index contributed by atoms with van der Waals surface area (Å²) in [4.78, 5) is 8.26. The molecule has 0 atom stereocenters. The van der Waals surface area contributed by atoms with Gasteiger partial charge in [0.15, 0.2) is 0 Å². The van der Waals surface area contributed by atoms with Crippen LogP contribution in [0.3, 0.4) is 0 Å². The summed E-state index contributed by atoms with van der Waals surface area (Å²) in [6.45, 7) is 8.69. The van der Waals surface area contributed by atoms with Crippen LogP contribution >= 0.6 is 11.3 Å². The summed E-state index contributed by atoms with van der Waals surface area (Å²) in [7, 11) is 0. The Morgan fingerprint density at radius 3 is 2.74 bits per heavy atom. The first-order chi connectivity index (χ1) is 9.15. The molecule has 0 aliphatic carbocycles. The smallest absolute Gasteiger partial charge is 0.0522 e. The molecule has 2 aromatic rings. The minimum Gasteiger partial charge on any atom is -0.366 e. The summed E-state index contributed by atoms with van der Waals surface area (Å²) in [5, 5.41) is 2.12. The molecule has 0 aliphatic heterocycles. The molecular weight excluding hydrogens is 254 g/mol. The van der Waals surface area contributed by atoms with E-state index in [4.69, 9.17) is 5.73 Å². The number of hydrogen-bond donors (Lipinski definition) is 1. The Hall–Kier alpha value is -1.39. The molecule has 4 heteroatoms. The van der Waals surface area contributed by atoms with Crippen LogP contribution in [-0.4, -0.2) is 11.5 Å². The highest BCUT2D eigenvalue weighted by Crippen LogP contribution is 2.26. The molecule has 0 amide bonds. The first-order valence-electron chi connectivity index (χ1n) is 6.60. The number of nitrogens with zero attached hydrogens (tertiary/aromatic N) is 2. The summed E-state index contributed by atoms with van der Waals surface area (Å²) in [5.41, 5.74) is 10.4. The van der Waals surface area contributed by atoms with Crippen molar-refractivity contribution in [1.29, 1.82) is 0 Å². The van der Waals surface area contributed by atoms with E-state index in [9.17, 15) is 0 Å². The van der Waals surface area contributed by atoms with E-state index in [-0.39, 0.29) is 0 Å². The number of aromatic nitrogens is 1. The van der Waals surface area contributed by atoms with Gasteiger partial charge in [-0.15, -0.1) is 11.3 Å². The van der Waals surface area contributed by atoms with Gasteiger partial charge in [0.2, 0.25) is 0 Å². The predicted molar refractivity (Wildman–Crippen MR) is 82.6 cm³/mol. The monoisotopic (exact) mass is 275 g/mol. The van der Waals surface area contributed by atoms with E-state index < -0.39 is 0 Å². The summed E-state index contributed by atoms with van der Waals surface area (Å²) in [6.07, 6.45) is 0. The summed E-state index contributed by atoms with van der Waals surface area (Å²) < 4.78 is 0. The Morgan fingerprint density at radius 1 is 1.37 bits per heavy atom. The molecule has 2 rings (SSSR count). The maximum absolute atomic E-state index is 5.90. The maximum Gasteiger partial charge on any atom is 0.0522 e. The zero-order valence-electron chi connectivity index (χ0n) is 11.8. The Labute approximate surface area is 119 Å². The average Bonchev–Trinajstić information content (AvgIpc) is 2.88. The highest BCUT2D eigenvalue weighted by molar-refractivity contribution is 7.09. The molecule has 0 saturated heterocycles. The van der Waals surface area contributed by atoms with Gasteiger partial charge in [0.05, 0.1) is 6.54 Å². The van der Waals surface area contributed by atoms with Gasteiger partial charge in [0, 0.05) is 40.6 Å². The van der Waals surface area contributed by atoms with Gasteiger partial charge < -0.3 is 10.6 Å². The molecule has 0 aliphatic rings. The SMILES string of the molecule is CCN(Cc1cccs1)c1cc(C)nc(C)c1CN. The van der Waals surface area contributed by atoms with Crippen LogP contribution in [0.5, 0.6) is 0 Å². The molecule has 102 valence electrons. The van der Waals surface area contributed by atoms with E-state index in [2.05, 4.69) is 40.4 Å². The second-order valence-electron chi connectivity index (χ2n) is 4.64. The molecule has 2 aromatic heterocycles. The number of thiophene rings is 1. The van der Waals surface area contributed by atoms with Crippen LogP contribution in [0.2, 0.25) is 0 Å². The first kappa shape index (κ1) is 14.0. The van der Waals surface area contributed by atoms with Crippen LogP contribution in [0.15, 0.2) is 23.6 Å². The van der Waals surface area contributed by atoms with Crippen molar-refractivity contribution in [3.05, 3.63) is 45.4 Å². The minimum atomic E-state index is 0.537. The third-order valence-electron chi connectivity index (χ3n) is 3.29. The van der Waals surface area contributed by atoms with Crippen molar-refractivity contribution >= 4 is 17.0 Å². The molecule has 2 N–H and O–H groups in total. The lowest BCUT2D eigenvalue weighted by molar-refractivity contribution is 0.822. The van der Waals surface area contributed by atoms with Crippen molar-refractivity contribution in [3.63, 3.8) is 0 Å². The van der Waals surface area contributed by atoms with Crippen molar-refractivity contribution in [3.8, 4) is 0 Å². The van der Waals surface area contributed by atoms with E-state index in [0.717, 1.165) is 30.0 Å². The normalized spacial score (nSPS) is 10.7. The zero-order valence-corrected chi connectivity index (χ0v) is 12.6. The first-order valence-corrected chi connectivity index (χ1v) is 7.48. The van der Waals surface area contributed by atoms with Crippen molar-refractivity contribution in [2.75, 3.05) is 11.4 Å². The topological polar surface area (TPSA) is 42.2 Å². The molecule has 0 saturated carbocycles. The van der Waals surface area contributed by atoms with Crippen LogP contribution in [0.1, 0.15) is 28.8 Å². The molecule has 0 bridgehead atoms. The van der Waals surface area contributed by atoms with Crippen molar-refractivity contribution in [2.24, 2.45) is 5.73 Å². The highest BCUT2D eigenvalue weighted by Gasteiger charge is 2.13. The molecule has 0 spiro atoms. The molecule has 0 unspecified atom stereocenters. The fraction of sp³-hybridized carbons (Fsp3) is 0.400. The van der Waals surface area contributed by atoms with E-state index in [1.165, 1.54) is 10.6 Å². The lowest BCUT2D eigenvalue weighted by Crippen LogP contribution is -2.24. The van der Waals surface area contributed by atoms with E-state index in [0.29, 0.717) is 6.54 Å². The standard InChI is InChI=1S/C15H21N3S/c1-4-18(10-13-6-5-7-19-13)15-8-11(2)17-12(3)14(15)9-16/h5-8H,4,9-10,16H2,1-3H3. The Morgan fingerprint density at radius 2 is 2.16 bits per heavy atom. The van der Waals surface area contributed by atoms with Crippen molar-refractivity contribution in [2.45, 2.75) is 33.9 Å². The van der Waals surface area contributed by atoms with Gasteiger partial charge in [-0.3, -0.25) is 4.98 Å². The van der Waals surface area contributed by atoms with Crippen LogP contribution in [0.25, 0.3) is 0 Å². The third kappa shape index (κ3) is 3.14. The quantitative estimate of drug-likeness (QED) is 0.911. The summed E-state index contributed by atoms with van der Waals surface area (Å²) in [6, 6.07) is 6.42. The minimum absolute atomic E-state index is 0.537. The van der Waals surface area contributed by atoms with Crippen molar-refractivity contribution in [1.82, 2.24) is 4.98 Å². The van der Waals surface area contributed by atoms with Gasteiger partial charge in [0.1, 0.15) is 0 Å². The van der Waals surface area contributed by atoms with Crippen LogP contribution in [0, 0.1) is 13.8 Å². The molecule has 0 aromatic carbocycles. The van der Waals surface area contributed by atoms with Crippen LogP contribution < -0.4 is 10.6 Å². The van der Waals surface area contributed by atoms with E-state index >= 15 is 0 Å². The second-order valence-corrected chi connectivity index (χ2v) is 5.68. The Bertz CT molecular complexity index is 535. The van der Waals surface area contributed by atoms with Crippen LogP contribution in [0.4, 0.5) is 5.69 Å². The number of aryl methyl sites for hydroxylation is 2. The van der Waals surface area contributed by atoms with Crippen LogP contribution in [-0.2, 0) is 13.1 Å². The lowest BCUT2D eigenvalue weighted by Gasteiger charge is -2.26. The third-order valence-corrected chi connectivity index (χ3v) is 4.15. The van der Waals surface area contributed by atoms with Gasteiger partial charge >= 0.3 is 0 Å². The number of nitrogens with two attached hydrogens (primary N) is 1. The number of hydrogen-bond acceptors (Lipinski definition) is 4. The molecule has 0 fully saturated rings. The second kappa shape index (κ2) is 6.17. The molecule has 2 heterocycles. The zero-order chi connectivity index (χ0) is 13.8. The maximum atomic E-state index is 5.90. The van der Waals surface area contributed by atoms with Crippen molar-refractivity contribution < 1.29 is 0 Å². The van der Waals surface area contributed by atoms with Gasteiger partial charge in [0.25, 0.3) is 0 Å². The van der Waals surface area contributed by atoms with Gasteiger partial charge in [-0.05, 0) is 38.3 Å². The summed E-state index contributed by atoms with van der Waals surface area (Å²) in [5.74, 6) is 0. The number of anilines is 1. The van der Waals surface area contributed by atoms with E-state index in [1.807, 2.05) is 13.8 Å². The van der Waals surface area contributed by atoms with Gasteiger partial charge in [-0.1, -0.05) is 6.07 Å². The fourth-order valence-electron chi connectivity index (χ4n) is 2.33. The van der Waals surface area contributed by atoms with Gasteiger partial charge in [-0.2, -0.15) is 0 Å². The Kier molecular flexibility index (Phi) is 4.56. The molecule has 19 heavy (non-hydrogen) atoms. The lowest BCUT2D eigenvalue weighted by atomic mass is 10.1. The average molecular weight is 275 g/mol. The highest BCUT2D eigenvalue weighted by atomic mass is 32.1. The fourth-order valence-corrected chi connectivity index (χ4v) is 3.05. The number of rotatable bonds is 5. The Balaban J connectivity index is 2.37. The van der Waals surface area contributed by atoms with E-state index in [1.54, 1.807) is 11.3 Å². The van der Waals surface area contributed by atoms with Gasteiger partial charge in [-0.25, -0.2) is 0 Å². The predicted octanol–water partition coefficient (Wildman–Crippen LogP) is 3.25. The molecule has 3 nitrogen and oxygen atoms in total. The largest absolute Gasteiger partial charge is 0.366 e. The number of pyridine rings is 1. The summed E-state index contributed by atoms with van der Waals surface area (Å²) >= 11 is 1.79.